The Morgan fingerprint density at radius 3 is 2.25 bits per heavy atom. The largest absolute Gasteiger partial charge is 0.467 e. The van der Waals surface area contributed by atoms with E-state index in [0.717, 1.165) is 12.7 Å². The molecule has 20 heavy (non-hydrogen) atoms. The van der Waals surface area contributed by atoms with Crippen LogP contribution < -0.4 is 5.32 Å². The van der Waals surface area contributed by atoms with Gasteiger partial charge in [0, 0.05) is 6.92 Å². The Bertz CT molecular complexity index is 592. The SMILES string of the molecule is COC(=O)C(CS(=O)(=O)c1ccc(C)cc1)NC(C)=O. The number of carbonyl (C=O) groups excluding carboxylic acids is 2. The molecule has 1 N–H and O–H groups in total. The van der Waals surface area contributed by atoms with E-state index >= 15 is 0 Å². The van der Waals surface area contributed by atoms with Crippen LogP contribution in [0.1, 0.15) is 12.5 Å². The first-order valence-electron chi connectivity index (χ1n) is 5.90. The molecule has 0 radical (unpaired) electrons. The van der Waals surface area contributed by atoms with Crippen LogP contribution in [0.3, 0.4) is 0 Å². The average molecular weight is 299 g/mol. The van der Waals surface area contributed by atoms with Crippen molar-refractivity contribution in [1.82, 2.24) is 5.32 Å². The van der Waals surface area contributed by atoms with Gasteiger partial charge in [-0.2, -0.15) is 0 Å². The maximum absolute atomic E-state index is 12.2. The van der Waals surface area contributed by atoms with Crippen LogP contribution in [0.5, 0.6) is 0 Å². The zero-order valence-corrected chi connectivity index (χ0v) is 12.4. The standard InChI is InChI=1S/C13H17NO5S/c1-9-4-6-11(7-5-9)20(17,18)8-12(13(16)19-3)14-10(2)15/h4-7,12H,8H2,1-3H3,(H,14,15). The third-order valence-electron chi connectivity index (χ3n) is 2.63. The summed E-state index contributed by atoms with van der Waals surface area (Å²) in [5, 5.41) is 2.28. The van der Waals surface area contributed by atoms with E-state index in [-0.39, 0.29) is 4.90 Å². The number of aryl methyl sites for hydroxylation is 1. The molecule has 1 aromatic rings. The molecule has 0 heterocycles. The maximum Gasteiger partial charge on any atom is 0.329 e. The number of ether oxygens (including phenoxy) is 1. The van der Waals surface area contributed by atoms with Crippen LogP contribution in [0.25, 0.3) is 0 Å². The molecule has 0 fully saturated rings. The number of hydrogen-bond donors (Lipinski definition) is 1. The van der Waals surface area contributed by atoms with Gasteiger partial charge in [-0.05, 0) is 19.1 Å². The summed E-state index contributed by atoms with van der Waals surface area (Å²) in [4.78, 5) is 22.6. The van der Waals surface area contributed by atoms with Gasteiger partial charge in [-0.25, -0.2) is 13.2 Å². The molecule has 0 aliphatic heterocycles. The van der Waals surface area contributed by atoms with Gasteiger partial charge in [0.1, 0.15) is 6.04 Å². The average Bonchev–Trinajstić information content (AvgIpc) is 2.36. The van der Waals surface area contributed by atoms with E-state index in [9.17, 15) is 18.0 Å². The minimum atomic E-state index is -3.69. The van der Waals surface area contributed by atoms with Crippen LogP contribution in [0, 0.1) is 6.92 Å². The first-order chi connectivity index (χ1) is 9.26. The Balaban J connectivity index is 2.99. The molecule has 0 aliphatic carbocycles. The Kier molecular flexibility index (Phi) is 5.26. The lowest BCUT2D eigenvalue weighted by molar-refractivity contribution is -0.144. The number of sulfone groups is 1. The van der Waals surface area contributed by atoms with Crippen LogP contribution in [0.15, 0.2) is 29.2 Å². The molecule has 0 saturated carbocycles. The summed E-state index contributed by atoms with van der Waals surface area (Å²) >= 11 is 0. The lowest BCUT2D eigenvalue weighted by Gasteiger charge is -2.15. The van der Waals surface area contributed by atoms with Gasteiger partial charge in [-0.1, -0.05) is 17.7 Å². The summed E-state index contributed by atoms with van der Waals surface area (Å²) in [5.41, 5.74) is 0.926. The molecular weight excluding hydrogens is 282 g/mol. The summed E-state index contributed by atoms with van der Waals surface area (Å²) < 4.78 is 28.9. The van der Waals surface area contributed by atoms with Crippen molar-refractivity contribution in [2.45, 2.75) is 24.8 Å². The molecule has 0 bridgehead atoms. The molecule has 1 unspecified atom stereocenters. The molecule has 0 saturated heterocycles. The van der Waals surface area contributed by atoms with Gasteiger partial charge < -0.3 is 10.1 Å². The predicted molar refractivity (Wildman–Crippen MR) is 72.9 cm³/mol. The van der Waals surface area contributed by atoms with E-state index in [1.165, 1.54) is 19.1 Å². The molecular formula is C13H17NO5S. The fourth-order valence-corrected chi connectivity index (χ4v) is 3.02. The zero-order chi connectivity index (χ0) is 15.3. The maximum atomic E-state index is 12.2. The van der Waals surface area contributed by atoms with E-state index in [0.29, 0.717) is 0 Å². The van der Waals surface area contributed by atoms with E-state index in [2.05, 4.69) is 10.1 Å². The Morgan fingerprint density at radius 1 is 1.25 bits per heavy atom. The number of rotatable bonds is 5. The second-order valence-corrected chi connectivity index (χ2v) is 6.40. The number of amides is 1. The highest BCUT2D eigenvalue weighted by Gasteiger charge is 2.28. The molecule has 1 rings (SSSR count). The lowest BCUT2D eigenvalue weighted by Crippen LogP contribution is -2.45. The fourth-order valence-electron chi connectivity index (χ4n) is 1.62. The van der Waals surface area contributed by atoms with Crippen LogP contribution in [0.4, 0.5) is 0 Å². The normalized spacial score (nSPS) is 12.6. The van der Waals surface area contributed by atoms with Crippen LogP contribution in [-0.4, -0.2) is 39.2 Å². The summed E-state index contributed by atoms with van der Waals surface area (Å²) in [7, 11) is -2.56. The third kappa shape index (κ3) is 4.34. The summed E-state index contributed by atoms with van der Waals surface area (Å²) in [6.45, 7) is 3.04. The summed E-state index contributed by atoms with van der Waals surface area (Å²) in [6, 6.07) is 5.04. The highest BCUT2D eigenvalue weighted by Crippen LogP contribution is 2.13. The van der Waals surface area contributed by atoms with Gasteiger partial charge in [0.05, 0.1) is 17.8 Å². The smallest absolute Gasteiger partial charge is 0.329 e. The van der Waals surface area contributed by atoms with Crippen LogP contribution >= 0.6 is 0 Å². The molecule has 1 atom stereocenters. The van der Waals surface area contributed by atoms with E-state index in [4.69, 9.17) is 0 Å². The Hall–Kier alpha value is -1.89. The second kappa shape index (κ2) is 6.51. The summed E-state index contributed by atoms with van der Waals surface area (Å²) in [6.07, 6.45) is 0. The fraction of sp³-hybridized carbons (Fsp3) is 0.385. The topological polar surface area (TPSA) is 89.5 Å². The molecule has 0 aliphatic rings. The van der Waals surface area contributed by atoms with Gasteiger partial charge in [-0.15, -0.1) is 0 Å². The predicted octanol–water partition coefficient (Wildman–Crippen LogP) is 0.446. The van der Waals surface area contributed by atoms with Gasteiger partial charge in [0.2, 0.25) is 5.91 Å². The summed E-state index contributed by atoms with van der Waals surface area (Å²) in [5.74, 6) is -1.84. The first kappa shape index (κ1) is 16.2. The van der Waals surface area contributed by atoms with Gasteiger partial charge in [0.25, 0.3) is 0 Å². The third-order valence-corrected chi connectivity index (χ3v) is 4.39. The van der Waals surface area contributed by atoms with Crippen molar-refractivity contribution in [2.24, 2.45) is 0 Å². The van der Waals surface area contributed by atoms with Crippen molar-refractivity contribution in [3.63, 3.8) is 0 Å². The lowest BCUT2D eigenvalue weighted by atomic mass is 10.2. The zero-order valence-electron chi connectivity index (χ0n) is 11.5. The van der Waals surface area contributed by atoms with Gasteiger partial charge >= 0.3 is 5.97 Å². The number of carbonyl (C=O) groups is 2. The molecule has 110 valence electrons. The van der Waals surface area contributed by atoms with Crippen molar-refractivity contribution >= 4 is 21.7 Å². The number of methoxy groups -OCH3 is 1. The minimum Gasteiger partial charge on any atom is -0.467 e. The van der Waals surface area contributed by atoms with Gasteiger partial charge in [-0.3, -0.25) is 4.79 Å². The molecule has 0 aromatic heterocycles. The molecule has 0 spiro atoms. The second-order valence-electron chi connectivity index (χ2n) is 4.37. The number of nitrogens with one attached hydrogen (secondary N) is 1. The van der Waals surface area contributed by atoms with Crippen molar-refractivity contribution in [3.05, 3.63) is 29.8 Å². The van der Waals surface area contributed by atoms with E-state index < -0.39 is 33.5 Å². The van der Waals surface area contributed by atoms with Crippen molar-refractivity contribution in [3.8, 4) is 0 Å². The highest BCUT2D eigenvalue weighted by molar-refractivity contribution is 7.91. The number of benzene rings is 1. The van der Waals surface area contributed by atoms with Gasteiger partial charge in [0.15, 0.2) is 9.84 Å². The first-order valence-corrected chi connectivity index (χ1v) is 7.56. The minimum absolute atomic E-state index is 0.0994. The molecule has 1 amide bonds. The van der Waals surface area contributed by atoms with Crippen LogP contribution in [-0.2, 0) is 24.2 Å². The van der Waals surface area contributed by atoms with E-state index in [1.54, 1.807) is 12.1 Å². The Labute approximate surface area is 118 Å². The Morgan fingerprint density at radius 2 is 1.80 bits per heavy atom. The van der Waals surface area contributed by atoms with Crippen molar-refractivity contribution in [2.75, 3.05) is 12.9 Å². The molecule has 7 heteroatoms. The number of esters is 1. The van der Waals surface area contributed by atoms with Crippen molar-refractivity contribution < 1.29 is 22.7 Å². The monoisotopic (exact) mass is 299 g/mol. The van der Waals surface area contributed by atoms with Crippen molar-refractivity contribution in [1.29, 1.82) is 0 Å². The number of hydrogen-bond acceptors (Lipinski definition) is 5. The molecule has 1 aromatic carbocycles. The van der Waals surface area contributed by atoms with Crippen LogP contribution in [0.2, 0.25) is 0 Å². The van der Waals surface area contributed by atoms with E-state index in [1.807, 2.05) is 6.92 Å². The highest BCUT2D eigenvalue weighted by atomic mass is 32.2. The quantitative estimate of drug-likeness (QED) is 0.797. The molecule has 6 nitrogen and oxygen atoms in total.